The van der Waals surface area contributed by atoms with Gasteiger partial charge in [0.25, 0.3) is 5.91 Å². The maximum absolute atomic E-state index is 12.7. The largest absolute Gasteiger partial charge is 0.459 e. The highest BCUT2D eigenvalue weighted by atomic mass is 32.2. The van der Waals surface area contributed by atoms with Crippen molar-refractivity contribution in [2.24, 2.45) is 5.92 Å². The number of furan rings is 1. The van der Waals surface area contributed by atoms with E-state index in [4.69, 9.17) is 4.42 Å². The zero-order valence-corrected chi connectivity index (χ0v) is 19.1. The third-order valence-electron chi connectivity index (χ3n) is 5.46. The average molecular weight is 460 g/mol. The Bertz CT molecular complexity index is 1160. The lowest BCUT2D eigenvalue weighted by atomic mass is 9.98. The molecule has 4 rings (SSSR count). The van der Waals surface area contributed by atoms with E-state index in [0.29, 0.717) is 58.7 Å². The highest BCUT2D eigenvalue weighted by Crippen LogP contribution is 2.29. The van der Waals surface area contributed by atoms with Crippen molar-refractivity contribution in [1.29, 1.82) is 0 Å². The van der Waals surface area contributed by atoms with E-state index >= 15 is 0 Å². The van der Waals surface area contributed by atoms with Crippen LogP contribution in [0.15, 0.2) is 51.8 Å². The van der Waals surface area contributed by atoms with Crippen LogP contribution in [0, 0.1) is 19.8 Å². The van der Waals surface area contributed by atoms with Gasteiger partial charge in [-0.25, -0.2) is 13.4 Å². The van der Waals surface area contributed by atoms with Gasteiger partial charge in [-0.1, -0.05) is 18.2 Å². The number of amides is 1. The SMILES string of the molecule is Cc1ccc(-c2nc(C)c(C(=O)NCC3CCN(S(=O)(=O)c4ccccc4)CC3)s2)o1. The third kappa shape index (κ3) is 4.73. The van der Waals surface area contributed by atoms with Gasteiger partial charge < -0.3 is 9.73 Å². The number of aromatic nitrogens is 1. The molecular weight excluding hydrogens is 434 g/mol. The zero-order chi connectivity index (χ0) is 22.0. The number of piperidine rings is 1. The van der Waals surface area contributed by atoms with Crippen molar-refractivity contribution < 1.29 is 17.6 Å². The number of carbonyl (C=O) groups is 1. The number of aryl methyl sites for hydroxylation is 2. The van der Waals surface area contributed by atoms with Gasteiger partial charge in [0.1, 0.15) is 10.6 Å². The summed E-state index contributed by atoms with van der Waals surface area (Å²) >= 11 is 1.32. The molecule has 1 aromatic carbocycles. The molecule has 1 N–H and O–H groups in total. The van der Waals surface area contributed by atoms with Gasteiger partial charge in [-0.3, -0.25) is 4.79 Å². The molecule has 1 aliphatic rings. The fourth-order valence-electron chi connectivity index (χ4n) is 3.67. The van der Waals surface area contributed by atoms with Crippen molar-refractivity contribution in [1.82, 2.24) is 14.6 Å². The molecule has 2 aromatic heterocycles. The van der Waals surface area contributed by atoms with Crippen LogP contribution in [0.2, 0.25) is 0 Å². The fraction of sp³-hybridized carbons (Fsp3) is 0.364. The van der Waals surface area contributed by atoms with Crippen LogP contribution in [0.5, 0.6) is 0 Å². The Morgan fingerprint density at radius 2 is 1.87 bits per heavy atom. The minimum atomic E-state index is -3.46. The van der Waals surface area contributed by atoms with Gasteiger partial charge in [0.2, 0.25) is 10.0 Å². The van der Waals surface area contributed by atoms with E-state index in [0.717, 1.165) is 5.76 Å². The molecule has 1 fully saturated rings. The quantitative estimate of drug-likeness (QED) is 0.604. The molecule has 0 saturated carbocycles. The van der Waals surface area contributed by atoms with Crippen molar-refractivity contribution in [3.8, 4) is 10.8 Å². The van der Waals surface area contributed by atoms with Crippen molar-refractivity contribution in [3.05, 3.63) is 58.8 Å². The highest BCUT2D eigenvalue weighted by molar-refractivity contribution is 7.89. The number of hydrogen-bond acceptors (Lipinski definition) is 6. The van der Waals surface area contributed by atoms with Crippen LogP contribution in [-0.4, -0.2) is 43.2 Å². The first-order valence-corrected chi connectivity index (χ1v) is 12.5. The van der Waals surface area contributed by atoms with Gasteiger partial charge >= 0.3 is 0 Å². The van der Waals surface area contributed by atoms with Crippen molar-refractivity contribution in [3.63, 3.8) is 0 Å². The Morgan fingerprint density at radius 1 is 1.16 bits per heavy atom. The Labute approximate surface area is 186 Å². The molecule has 0 atom stereocenters. The number of thiazole rings is 1. The summed E-state index contributed by atoms with van der Waals surface area (Å²) in [6.45, 7) is 5.12. The monoisotopic (exact) mass is 459 g/mol. The number of carbonyl (C=O) groups excluding carboxylic acids is 1. The smallest absolute Gasteiger partial charge is 0.263 e. The number of sulfonamides is 1. The van der Waals surface area contributed by atoms with Crippen LogP contribution >= 0.6 is 11.3 Å². The molecule has 1 aliphatic heterocycles. The molecule has 0 unspecified atom stereocenters. The predicted octanol–water partition coefficient (Wildman–Crippen LogP) is 3.85. The summed E-state index contributed by atoms with van der Waals surface area (Å²) in [5.74, 6) is 1.56. The predicted molar refractivity (Wildman–Crippen MR) is 120 cm³/mol. The maximum atomic E-state index is 12.7. The number of nitrogens with zero attached hydrogens (tertiary/aromatic N) is 2. The van der Waals surface area contributed by atoms with Crippen LogP contribution in [0.25, 0.3) is 10.8 Å². The van der Waals surface area contributed by atoms with Crippen LogP contribution in [-0.2, 0) is 10.0 Å². The van der Waals surface area contributed by atoms with Gasteiger partial charge in [-0.05, 0) is 56.9 Å². The molecule has 0 radical (unpaired) electrons. The Morgan fingerprint density at radius 3 is 2.52 bits per heavy atom. The van der Waals surface area contributed by atoms with E-state index in [2.05, 4.69) is 10.3 Å². The molecule has 1 amide bonds. The molecule has 0 aliphatic carbocycles. The normalized spacial score (nSPS) is 15.8. The van der Waals surface area contributed by atoms with Gasteiger partial charge in [0.05, 0.1) is 10.6 Å². The van der Waals surface area contributed by atoms with E-state index in [9.17, 15) is 13.2 Å². The minimum Gasteiger partial charge on any atom is -0.459 e. The summed E-state index contributed by atoms with van der Waals surface area (Å²) in [5, 5.41) is 3.69. The second-order valence-electron chi connectivity index (χ2n) is 7.71. The molecule has 0 spiro atoms. The molecule has 9 heteroatoms. The van der Waals surface area contributed by atoms with Gasteiger partial charge in [-0.2, -0.15) is 4.31 Å². The average Bonchev–Trinajstić information content (AvgIpc) is 3.38. The molecular formula is C22H25N3O4S2. The number of nitrogens with one attached hydrogen (secondary N) is 1. The van der Waals surface area contributed by atoms with Crippen LogP contribution in [0.4, 0.5) is 0 Å². The Kier molecular flexibility index (Phi) is 6.27. The molecule has 3 heterocycles. The van der Waals surface area contributed by atoms with E-state index in [1.807, 2.05) is 26.0 Å². The number of benzene rings is 1. The molecule has 164 valence electrons. The zero-order valence-electron chi connectivity index (χ0n) is 17.5. The summed E-state index contributed by atoms with van der Waals surface area (Å²) in [7, 11) is -3.46. The van der Waals surface area contributed by atoms with Gasteiger partial charge in [0.15, 0.2) is 10.8 Å². The summed E-state index contributed by atoms with van der Waals surface area (Å²) in [6.07, 6.45) is 1.43. The second-order valence-corrected chi connectivity index (χ2v) is 10.7. The molecule has 31 heavy (non-hydrogen) atoms. The fourth-order valence-corrected chi connectivity index (χ4v) is 6.11. The van der Waals surface area contributed by atoms with E-state index < -0.39 is 10.0 Å². The lowest BCUT2D eigenvalue weighted by Crippen LogP contribution is -2.41. The summed E-state index contributed by atoms with van der Waals surface area (Å²) in [6, 6.07) is 12.2. The van der Waals surface area contributed by atoms with Crippen molar-refractivity contribution in [2.45, 2.75) is 31.6 Å². The second kappa shape index (κ2) is 8.94. The van der Waals surface area contributed by atoms with Crippen molar-refractivity contribution >= 4 is 27.3 Å². The van der Waals surface area contributed by atoms with Gasteiger partial charge in [-0.15, -0.1) is 11.3 Å². The van der Waals surface area contributed by atoms with E-state index in [1.54, 1.807) is 30.3 Å². The third-order valence-corrected chi connectivity index (χ3v) is 8.54. The van der Waals surface area contributed by atoms with Crippen LogP contribution < -0.4 is 5.32 Å². The van der Waals surface area contributed by atoms with Crippen LogP contribution in [0.3, 0.4) is 0 Å². The van der Waals surface area contributed by atoms with E-state index in [1.165, 1.54) is 15.6 Å². The van der Waals surface area contributed by atoms with Crippen LogP contribution in [0.1, 0.15) is 34.0 Å². The number of rotatable bonds is 6. The molecule has 7 nitrogen and oxygen atoms in total. The Hall–Kier alpha value is -2.49. The van der Waals surface area contributed by atoms with Crippen molar-refractivity contribution in [2.75, 3.05) is 19.6 Å². The number of hydrogen-bond donors (Lipinski definition) is 1. The van der Waals surface area contributed by atoms with Gasteiger partial charge in [0, 0.05) is 19.6 Å². The lowest BCUT2D eigenvalue weighted by Gasteiger charge is -2.31. The van der Waals surface area contributed by atoms with E-state index in [-0.39, 0.29) is 11.8 Å². The summed E-state index contributed by atoms with van der Waals surface area (Å²) in [5.41, 5.74) is 0.676. The minimum absolute atomic E-state index is 0.149. The molecule has 1 saturated heterocycles. The maximum Gasteiger partial charge on any atom is 0.263 e. The first-order valence-electron chi connectivity index (χ1n) is 10.2. The first kappa shape index (κ1) is 21.7. The highest BCUT2D eigenvalue weighted by Gasteiger charge is 2.29. The standard InChI is InChI=1S/C22H25N3O4S2/c1-15-8-9-19(29-15)22-24-16(2)20(30-22)21(26)23-14-17-10-12-25(13-11-17)31(27,28)18-6-4-3-5-7-18/h3-9,17H,10-14H2,1-2H3,(H,23,26). The Balaban J connectivity index is 1.32. The topological polar surface area (TPSA) is 92.5 Å². The molecule has 0 bridgehead atoms. The summed E-state index contributed by atoms with van der Waals surface area (Å²) < 4.78 is 32.6. The lowest BCUT2D eigenvalue weighted by molar-refractivity contribution is 0.0944. The summed E-state index contributed by atoms with van der Waals surface area (Å²) in [4.78, 5) is 18.1. The molecule has 3 aromatic rings. The first-order chi connectivity index (χ1) is 14.8.